The molecule has 0 unspecified atom stereocenters. The molecule has 1 amide bonds. The van der Waals surface area contributed by atoms with Crippen molar-refractivity contribution in [3.63, 3.8) is 0 Å². The van der Waals surface area contributed by atoms with E-state index in [1.165, 1.54) is 11.8 Å². The quantitative estimate of drug-likeness (QED) is 0.628. The maximum atomic E-state index is 12.5. The number of anilines is 1. The Hall–Kier alpha value is -3.20. The van der Waals surface area contributed by atoms with E-state index in [0.717, 1.165) is 11.3 Å². The van der Waals surface area contributed by atoms with Gasteiger partial charge < -0.3 is 23.9 Å². The van der Waals surface area contributed by atoms with E-state index in [2.05, 4.69) is 15.5 Å². The molecule has 1 N–H and O–H groups in total. The summed E-state index contributed by atoms with van der Waals surface area (Å²) < 4.78 is 21.4. The smallest absolute Gasteiger partial charge is 0.277 e. The molecule has 144 valence electrons. The molecule has 4 rings (SSSR count). The summed E-state index contributed by atoms with van der Waals surface area (Å²) >= 11 is 1.19. The summed E-state index contributed by atoms with van der Waals surface area (Å²) in [4.78, 5) is 12.5. The molecule has 0 aliphatic carbocycles. The number of carbonyl (C=O) groups excluding carboxylic acids is 1. The zero-order valence-electron chi connectivity index (χ0n) is 15.2. The third kappa shape index (κ3) is 3.89. The van der Waals surface area contributed by atoms with Crippen LogP contribution in [0.25, 0.3) is 11.5 Å². The SMILES string of the molecule is COc1ccc(-c2nnc(S[C@H](C)C(=O)Nc3ccc4c(c3)OCO4)o2)cc1. The third-order valence-electron chi connectivity index (χ3n) is 4.03. The minimum absolute atomic E-state index is 0.187. The molecule has 2 aromatic carbocycles. The first-order valence-corrected chi connectivity index (χ1v) is 9.35. The molecule has 0 saturated carbocycles. The van der Waals surface area contributed by atoms with Gasteiger partial charge in [-0.05, 0) is 43.3 Å². The molecule has 1 aliphatic heterocycles. The fourth-order valence-corrected chi connectivity index (χ4v) is 3.21. The maximum absolute atomic E-state index is 12.5. The number of carbonyl (C=O) groups is 1. The molecule has 1 atom stereocenters. The number of ether oxygens (including phenoxy) is 3. The summed E-state index contributed by atoms with van der Waals surface area (Å²) in [5, 5.41) is 10.8. The predicted molar refractivity (Wildman–Crippen MR) is 103 cm³/mol. The van der Waals surface area contributed by atoms with E-state index in [1.54, 1.807) is 32.2 Å². The summed E-state index contributed by atoms with van der Waals surface area (Å²) in [6.07, 6.45) is 0. The van der Waals surface area contributed by atoms with Crippen molar-refractivity contribution in [2.45, 2.75) is 17.4 Å². The number of hydrogen-bond donors (Lipinski definition) is 1. The number of thioether (sulfide) groups is 1. The molecule has 0 saturated heterocycles. The number of aromatic nitrogens is 2. The maximum Gasteiger partial charge on any atom is 0.277 e. The third-order valence-corrected chi connectivity index (χ3v) is 4.96. The van der Waals surface area contributed by atoms with Crippen LogP contribution < -0.4 is 19.5 Å². The van der Waals surface area contributed by atoms with Crippen LogP contribution in [0.4, 0.5) is 5.69 Å². The standard InChI is InChI=1S/C19H17N3O5S/c1-11(17(23)20-13-5-8-15-16(9-13)26-10-25-15)28-19-22-21-18(27-19)12-3-6-14(24-2)7-4-12/h3-9,11H,10H2,1-2H3,(H,20,23)/t11-/m1/s1. The average molecular weight is 399 g/mol. The monoisotopic (exact) mass is 399 g/mol. The number of nitrogens with one attached hydrogen (secondary N) is 1. The summed E-state index contributed by atoms with van der Waals surface area (Å²) in [6, 6.07) is 12.5. The summed E-state index contributed by atoms with van der Waals surface area (Å²) in [6.45, 7) is 1.96. The van der Waals surface area contributed by atoms with E-state index in [0.29, 0.717) is 28.3 Å². The molecule has 28 heavy (non-hydrogen) atoms. The summed E-state index contributed by atoms with van der Waals surface area (Å²) in [7, 11) is 1.60. The Labute approximate surface area is 165 Å². The van der Waals surface area contributed by atoms with Crippen LogP contribution in [0.3, 0.4) is 0 Å². The first-order valence-electron chi connectivity index (χ1n) is 8.47. The highest BCUT2D eigenvalue weighted by molar-refractivity contribution is 8.00. The van der Waals surface area contributed by atoms with Crippen LogP contribution in [-0.4, -0.2) is 35.3 Å². The second kappa shape index (κ2) is 7.81. The van der Waals surface area contributed by atoms with Crippen molar-refractivity contribution in [3.05, 3.63) is 42.5 Å². The molecule has 9 heteroatoms. The van der Waals surface area contributed by atoms with Crippen molar-refractivity contribution < 1.29 is 23.4 Å². The van der Waals surface area contributed by atoms with Crippen LogP contribution in [0, 0.1) is 0 Å². The van der Waals surface area contributed by atoms with Gasteiger partial charge >= 0.3 is 0 Å². The van der Waals surface area contributed by atoms with Gasteiger partial charge in [0.05, 0.1) is 12.4 Å². The fraction of sp³-hybridized carbons (Fsp3) is 0.211. The predicted octanol–water partition coefficient (Wildman–Crippen LogP) is 3.59. The Morgan fingerprint density at radius 3 is 2.71 bits per heavy atom. The molecule has 0 spiro atoms. The molecule has 1 aliphatic rings. The molecule has 8 nitrogen and oxygen atoms in total. The van der Waals surface area contributed by atoms with E-state index in [1.807, 2.05) is 24.3 Å². The van der Waals surface area contributed by atoms with Crippen molar-refractivity contribution in [2.75, 3.05) is 19.2 Å². The molecule has 2 heterocycles. The fourth-order valence-electron chi connectivity index (χ4n) is 2.53. The Morgan fingerprint density at radius 2 is 1.93 bits per heavy atom. The average Bonchev–Trinajstić information content (AvgIpc) is 3.37. The van der Waals surface area contributed by atoms with Gasteiger partial charge in [-0.15, -0.1) is 10.2 Å². The molecule has 0 fully saturated rings. The van der Waals surface area contributed by atoms with Crippen LogP contribution in [0.5, 0.6) is 17.2 Å². The Bertz CT molecular complexity index is 989. The van der Waals surface area contributed by atoms with E-state index >= 15 is 0 Å². The van der Waals surface area contributed by atoms with Crippen molar-refractivity contribution in [3.8, 4) is 28.7 Å². The van der Waals surface area contributed by atoms with Gasteiger partial charge in [0.2, 0.25) is 18.6 Å². The number of fused-ring (bicyclic) bond motifs is 1. The van der Waals surface area contributed by atoms with Crippen molar-refractivity contribution >= 4 is 23.4 Å². The van der Waals surface area contributed by atoms with Crippen LogP contribution in [0.15, 0.2) is 52.1 Å². The van der Waals surface area contributed by atoms with Gasteiger partial charge in [0.1, 0.15) is 5.75 Å². The normalized spacial score (nSPS) is 13.2. The molecule has 0 bridgehead atoms. The van der Waals surface area contributed by atoms with Gasteiger partial charge in [0, 0.05) is 17.3 Å². The second-order valence-corrected chi connectivity index (χ2v) is 7.21. The highest BCUT2D eigenvalue weighted by atomic mass is 32.2. The van der Waals surface area contributed by atoms with E-state index in [4.69, 9.17) is 18.6 Å². The highest BCUT2D eigenvalue weighted by Gasteiger charge is 2.20. The summed E-state index contributed by atoms with van der Waals surface area (Å²) in [5.74, 6) is 2.21. The Kier molecular flexibility index (Phi) is 5.07. The van der Waals surface area contributed by atoms with Crippen LogP contribution >= 0.6 is 11.8 Å². The van der Waals surface area contributed by atoms with Gasteiger partial charge in [-0.2, -0.15) is 0 Å². The second-order valence-electron chi connectivity index (χ2n) is 5.92. The Morgan fingerprint density at radius 1 is 1.14 bits per heavy atom. The number of methoxy groups -OCH3 is 1. The first kappa shape index (κ1) is 18.2. The largest absolute Gasteiger partial charge is 0.497 e. The van der Waals surface area contributed by atoms with Crippen LogP contribution in [-0.2, 0) is 4.79 Å². The lowest BCUT2D eigenvalue weighted by atomic mass is 10.2. The molecule has 0 radical (unpaired) electrons. The van der Waals surface area contributed by atoms with Gasteiger partial charge in [0.15, 0.2) is 11.5 Å². The minimum atomic E-state index is -0.436. The van der Waals surface area contributed by atoms with Gasteiger partial charge in [-0.25, -0.2) is 0 Å². The zero-order valence-corrected chi connectivity index (χ0v) is 16.0. The minimum Gasteiger partial charge on any atom is -0.497 e. The van der Waals surface area contributed by atoms with E-state index < -0.39 is 5.25 Å². The Balaban J connectivity index is 1.38. The molecule has 1 aromatic heterocycles. The molecular formula is C19H17N3O5S. The van der Waals surface area contributed by atoms with Crippen molar-refractivity contribution in [1.82, 2.24) is 10.2 Å². The van der Waals surface area contributed by atoms with Crippen molar-refractivity contribution in [1.29, 1.82) is 0 Å². The van der Waals surface area contributed by atoms with Crippen molar-refractivity contribution in [2.24, 2.45) is 0 Å². The van der Waals surface area contributed by atoms with Crippen LogP contribution in [0.2, 0.25) is 0 Å². The zero-order chi connectivity index (χ0) is 19.5. The lowest BCUT2D eigenvalue weighted by molar-refractivity contribution is -0.115. The number of hydrogen-bond acceptors (Lipinski definition) is 8. The van der Waals surface area contributed by atoms with Crippen LogP contribution in [0.1, 0.15) is 6.92 Å². The van der Waals surface area contributed by atoms with Gasteiger partial charge in [0.25, 0.3) is 5.22 Å². The highest BCUT2D eigenvalue weighted by Crippen LogP contribution is 2.34. The van der Waals surface area contributed by atoms with E-state index in [-0.39, 0.29) is 12.7 Å². The summed E-state index contributed by atoms with van der Waals surface area (Å²) in [5.41, 5.74) is 1.41. The van der Waals surface area contributed by atoms with Gasteiger partial charge in [-0.3, -0.25) is 4.79 Å². The number of nitrogens with zero attached hydrogens (tertiary/aromatic N) is 2. The number of rotatable bonds is 6. The lowest BCUT2D eigenvalue weighted by Gasteiger charge is -2.10. The lowest BCUT2D eigenvalue weighted by Crippen LogP contribution is -2.22. The van der Waals surface area contributed by atoms with E-state index in [9.17, 15) is 4.79 Å². The van der Waals surface area contributed by atoms with Gasteiger partial charge in [-0.1, -0.05) is 11.8 Å². The molecule has 3 aromatic rings. The number of amides is 1. The topological polar surface area (TPSA) is 95.7 Å². The number of benzene rings is 2. The molecular weight excluding hydrogens is 382 g/mol. The first-order chi connectivity index (χ1) is 13.6.